The van der Waals surface area contributed by atoms with Gasteiger partial charge >= 0.3 is 0 Å². The van der Waals surface area contributed by atoms with E-state index in [9.17, 15) is 4.79 Å². The van der Waals surface area contributed by atoms with Gasteiger partial charge in [0.05, 0.1) is 11.3 Å². The predicted molar refractivity (Wildman–Crippen MR) is 98.5 cm³/mol. The Balaban J connectivity index is 1.56. The summed E-state index contributed by atoms with van der Waals surface area (Å²) in [6.07, 6.45) is 3.60. The first-order valence-corrected chi connectivity index (χ1v) is 8.48. The van der Waals surface area contributed by atoms with Crippen molar-refractivity contribution < 1.29 is 4.79 Å². The van der Waals surface area contributed by atoms with Crippen molar-refractivity contribution in [3.63, 3.8) is 0 Å². The van der Waals surface area contributed by atoms with E-state index < -0.39 is 0 Å². The van der Waals surface area contributed by atoms with Crippen molar-refractivity contribution >= 4 is 22.4 Å². The zero-order valence-electron chi connectivity index (χ0n) is 13.9. The zero-order chi connectivity index (χ0) is 17.5. The highest BCUT2D eigenvalue weighted by Gasteiger charge is 2.18. The van der Waals surface area contributed by atoms with Crippen molar-refractivity contribution in [3.8, 4) is 5.69 Å². The van der Waals surface area contributed by atoms with E-state index in [-0.39, 0.29) is 5.91 Å². The maximum Gasteiger partial charge on any atom is 0.257 e. The van der Waals surface area contributed by atoms with Crippen LogP contribution in [0, 0.1) is 0 Å². The molecule has 4 aromatic rings. The molecular weight excluding hydrogens is 326 g/mol. The molecule has 0 saturated carbocycles. The van der Waals surface area contributed by atoms with Gasteiger partial charge in [0, 0.05) is 11.1 Å². The smallest absolute Gasteiger partial charge is 0.257 e. The van der Waals surface area contributed by atoms with Crippen LogP contribution in [-0.4, -0.2) is 26.1 Å². The Morgan fingerprint density at radius 1 is 0.962 bits per heavy atom. The minimum absolute atomic E-state index is 0.185. The highest BCUT2D eigenvalue weighted by atomic mass is 16.1. The second-order valence-corrected chi connectivity index (χ2v) is 6.34. The first-order valence-electron chi connectivity index (χ1n) is 8.48. The summed E-state index contributed by atoms with van der Waals surface area (Å²) in [6.45, 7) is 0. The van der Waals surface area contributed by atoms with Gasteiger partial charge in [-0.2, -0.15) is 4.68 Å². The first-order chi connectivity index (χ1) is 12.8. The summed E-state index contributed by atoms with van der Waals surface area (Å²) >= 11 is 0. The van der Waals surface area contributed by atoms with Crippen LogP contribution in [0.5, 0.6) is 0 Å². The molecule has 6 heteroatoms. The largest absolute Gasteiger partial charge is 0.321 e. The summed E-state index contributed by atoms with van der Waals surface area (Å²) in [5.41, 5.74) is 4.68. The lowest BCUT2D eigenvalue weighted by Gasteiger charge is -2.12. The number of hydrogen-bond acceptors (Lipinski definition) is 4. The molecule has 1 aromatic heterocycles. The van der Waals surface area contributed by atoms with E-state index in [1.807, 2.05) is 24.3 Å². The maximum atomic E-state index is 13.0. The van der Waals surface area contributed by atoms with E-state index in [4.69, 9.17) is 0 Å². The fraction of sp³-hybridized carbons (Fsp3) is 0.100. The van der Waals surface area contributed by atoms with Gasteiger partial charge < -0.3 is 5.32 Å². The number of carbonyl (C=O) groups excluding carboxylic acids is 1. The molecule has 0 unspecified atom stereocenters. The maximum absolute atomic E-state index is 13.0. The molecule has 3 aromatic carbocycles. The van der Waals surface area contributed by atoms with Crippen LogP contribution in [0.3, 0.4) is 0 Å². The number of hydrogen-bond donors (Lipinski definition) is 1. The molecule has 1 aliphatic carbocycles. The Labute approximate surface area is 149 Å². The van der Waals surface area contributed by atoms with E-state index in [2.05, 4.69) is 45.1 Å². The van der Waals surface area contributed by atoms with Gasteiger partial charge in [0.2, 0.25) is 0 Å². The molecule has 26 heavy (non-hydrogen) atoms. The van der Waals surface area contributed by atoms with E-state index in [1.165, 1.54) is 27.5 Å². The quantitative estimate of drug-likeness (QED) is 0.621. The highest BCUT2D eigenvalue weighted by molar-refractivity contribution is 6.11. The van der Waals surface area contributed by atoms with Gasteiger partial charge in [-0.25, -0.2) is 0 Å². The lowest BCUT2D eigenvalue weighted by molar-refractivity contribution is 0.102. The predicted octanol–water partition coefficient (Wildman–Crippen LogP) is 3.17. The number of nitrogens with zero attached hydrogens (tertiary/aromatic N) is 4. The number of anilines is 1. The van der Waals surface area contributed by atoms with Crippen LogP contribution < -0.4 is 5.32 Å². The van der Waals surface area contributed by atoms with Gasteiger partial charge in [-0.05, 0) is 58.0 Å². The molecule has 1 heterocycles. The summed E-state index contributed by atoms with van der Waals surface area (Å²) < 4.78 is 1.49. The number of tetrazole rings is 1. The van der Waals surface area contributed by atoms with Crippen molar-refractivity contribution in [2.45, 2.75) is 12.8 Å². The topological polar surface area (TPSA) is 72.7 Å². The number of aryl methyl sites for hydroxylation is 2. The third kappa shape index (κ3) is 2.27. The van der Waals surface area contributed by atoms with Crippen LogP contribution in [0.1, 0.15) is 21.5 Å². The standard InChI is InChI=1S/C20H15N5O/c26-20(16-5-1-2-7-18(16)25-12-21-23-24-25)22-17-11-10-14-9-8-13-4-3-6-15(17)19(13)14/h1-7,10-12H,8-9H2,(H,22,26). The average Bonchev–Trinajstić information content (AvgIpc) is 3.35. The Morgan fingerprint density at radius 3 is 2.65 bits per heavy atom. The van der Waals surface area contributed by atoms with Crippen LogP contribution in [0.15, 0.2) is 60.9 Å². The lowest BCUT2D eigenvalue weighted by Crippen LogP contribution is -2.15. The zero-order valence-corrected chi connectivity index (χ0v) is 13.9. The summed E-state index contributed by atoms with van der Waals surface area (Å²) in [5.74, 6) is -0.185. The van der Waals surface area contributed by atoms with E-state index in [0.29, 0.717) is 11.3 Å². The van der Waals surface area contributed by atoms with E-state index >= 15 is 0 Å². The van der Waals surface area contributed by atoms with Gasteiger partial charge in [0.15, 0.2) is 0 Å². The highest BCUT2D eigenvalue weighted by Crippen LogP contribution is 2.35. The number of amides is 1. The molecule has 0 radical (unpaired) electrons. The molecule has 1 aliphatic rings. The molecular formula is C20H15N5O. The molecule has 6 nitrogen and oxygen atoms in total. The third-order valence-electron chi connectivity index (χ3n) is 4.87. The van der Waals surface area contributed by atoms with Gasteiger partial charge in [-0.15, -0.1) is 5.10 Å². The Hall–Kier alpha value is -3.54. The third-order valence-corrected chi connectivity index (χ3v) is 4.87. The number of benzene rings is 3. The molecule has 0 aliphatic heterocycles. The van der Waals surface area contributed by atoms with E-state index in [1.54, 1.807) is 6.07 Å². The molecule has 5 rings (SSSR count). The van der Waals surface area contributed by atoms with Crippen LogP contribution in [0.2, 0.25) is 0 Å². The van der Waals surface area contributed by atoms with Crippen LogP contribution in [0.25, 0.3) is 16.5 Å². The van der Waals surface area contributed by atoms with Crippen LogP contribution in [0.4, 0.5) is 5.69 Å². The minimum atomic E-state index is -0.185. The number of carbonyl (C=O) groups is 1. The SMILES string of the molecule is O=C(Nc1ccc2c3c(cccc13)CC2)c1ccccc1-n1cnnn1. The van der Waals surface area contributed by atoms with Crippen molar-refractivity contribution in [3.05, 3.63) is 77.6 Å². The number of rotatable bonds is 3. The molecule has 1 amide bonds. The molecule has 0 spiro atoms. The summed E-state index contributed by atoms with van der Waals surface area (Å²) in [4.78, 5) is 13.0. The molecule has 0 atom stereocenters. The number of para-hydroxylation sites is 1. The van der Waals surface area contributed by atoms with Gasteiger partial charge in [-0.1, -0.05) is 36.4 Å². The lowest BCUT2D eigenvalue weighted by atomic mass is 10.0. The van der Waals surface area contributed by atoms with Crippen LogP contribution >= 0.6 is 0 Å². The van der Waals surface area contributed by atoms with Crippen molar-refractivity contribution in [1.82, 2.24) is 20.2 Å². The first kappa shape index (κ1) is 14.8. The van der Waals surface area contributed by atoms with Gasteiger partial charge in [0.25, 0.3) is 5.91 Å². The minimum Gasteiger partial charge on any atom is -0.321 e. The molecule has 0 fully saturated rings. The summed E-state index contributed by atoms with van der Waals surface area (Å²) in [6, 6.07) is 17.7. The summed E-state index contributed by atoms with van der Waals surface area (Å²) in [7, 11) is 0. The Kier molecular flexibility index (Phi) is 3.28. The van der Waals surface area contributed by atoms with Crippen LogP contribution in [-0.2, 0) is 12.8 Å². The van der Waals surface area contributed by atoms with Crippen molar-refractivity contribution in [2.75, 3.05) is 5.32 Å². The fourth-order valence-corrected chi connectivity index (χ4v) is 3.68. The average molecular weight is 341 g/mol. The Bertz CT molecular complexity index is 1120. The molecule has 0 bridgehead atoms. The number of aromatic nitrogens is 4. The normalized spacial score (nSPS) is 12.5. The van der Waals surface area contributed by atoms with Gasteiger partial charge in [0.1, 0.15) is 6.33 Å². The summed E-state index contributed by atoms with van der Waals surface area (Å²) in [5, 5.41) is 16.6. The fourth-order valence-electron chi connectivity index (χ4n) is 3.68. The number of nitrogens with one attached hydrogen (secondary N) is 1. The second kappa shape index (κ2) is 5.77. The Morgan fingerprint density at radius 2 is 1.81 bits per heavy atom. The second-order valence-electron chi connectivity index (χ2n) is 6.34. The molecule has 0 saturated heterocycles. The molecule has 126 valence electrons. The van der Waals surface area contributed by atoms with E-state index in [0.717, 1.165) is 23.9 Å². The van der Waals surface area contributed by atoms with Gasteiger partial charge in [-0.3, -0.25) is 4.79 Å². The molecule has 1 N–H and O–H groups in total. The monoisotopic (exact) mass is 341 g/mol. The van der Waals surface area contributed by atoms with Crippen molar-refractivity contribution in [2.24, 2.45) is 0 Å². The van der Waals surface area contributed by atoms with Crippen molar-refractivity contribution in [1.29, 1.82) is 0 Å².